The molecule has 0 atom stereocenters. The van der Waals surface area contributed by atoms with Crippen LogP contribution in [-0.2, 0) is 9.59 Å². The summed E-state index contributed by atoms with van der Waals surface area (Å²) in [5.74, 6) is -1.78. The number of aryl methyl sites for hydroxylation is 1. The Balaban J connectivity index is 2.11. The summed E-state index contributed by atoms with van der Waals surface area (Å²) in [6, 6.07) is 6.40. The van der Waals surface area contributed by atoms with Gasteiger partial charge in [0, 0.05) is 29.0 Å². The number of aliphatic carboxylic acids is 1. The fourth-order valence-corrected chi connectivity index (χ4v) is 2.35. The molecule has 0 fully saturated rings. The summed E-state index contributed by atoms with van der Waals surface area (Å²) in [4.78, 5) is 33.2. The van der Waals surface area contributed by atoms with Crippen molar-refractivity contribution in [1.82, 2.24) is 0 Å². The molecule has 0 unspecified atom stereocenters. The molecule has 0 aliphatic heterocycles. The van der Waals surface area contributed by atoms with E-state index in [9.17, 15) is 19.5 Å². The fraction of sp³-hybridized carbons (Fsp3) is 0.214. The van der Waals surface area contributed by atoms with Crippen LogP contribution in [0.15, 0.2) is 33.5 Å². The summed E-state index contributed by atoms with van der Waals surface area (Å²) < 4.78 is 5.08. The quantitative estimate of drug-likeness (QED) is 0.809. The molecular weight excluding hydrogens is 294 g/mol. The highest BCUT2D eigenvalue weighted by molar-refractivity contribution is 8.00. The van der Waals surface area contributed by atoms with Gasteiger partial charge in [-0.1, -0.05) is 0 Å². The molecule has 1 amide bonds. The molecule has 0 radical (unpaired) electrons. The van der Waals surface area contributed by atoms with Gasteiger partial charge in [0.15, 0.2) is 0 Å². The van der Waals surface area contributed by atoms with Crippen LogP contribution < -0.4 is 16.0 Å². The number of fused-ring (bicyclic) bond motifs is 1. The van der Waals surface area contributed by atoms with Crippen LogP contribution in [0.4, 0.5) is 5.69 Å². The third kappa shape index (κ3) is 4.09. The van der Waals surface area contributed by atoms with Gasteiger partial charge >= 0.3 is 5.63 Å². The Morgan fingerprint density at radius 1 is 1.29 bits per heavy atom. The minimum Gasteiger partial charge on any atom is -0.549 e. The van der Waals surface area contributed by atoms with Crippen LogP contribution in [-0.4, -0.2) is 23.4 Å². The fourth-order valence-electron chi connectivity index (χ4n) is 1.83. The second-order valence-electron chi connectivity index (χ2n) is 4.37. The first-order valence-corrected chi connectivity index (χ1v) is 7.23. The van der Waals surface area contributed by atoms with Crippen LogP contribution in [0, 0.1) is 6.92 Å². The van der Waals surface area contributed by atoms with Gasteiger partial charge < -0.3 is 19.6 Å². The highest BCUT2D eigenvalue weighted by Crippen LogP contribution is 2.20. The van der Waals surface area contributed by atoms with E-state index in [0.29, 0.717) is 11.3 Å². The molecule has 1 aromatic heterocycles. The molecule has 110 valence electrons. The SMILES string of the molecule is Cc1cc(=O)oc2cc(NC(=O)CSCC(=O)[O-])ccc12. The van der Waals surface area contributed by atoms with E-state index in [1.807, 2.05) is 0 Å². The number of carboxylic acids is 1. The molecule has 2 rings (SSSR count). The van der Waals surface area contributed by atoms with Gasteiger partial charge in [0.05, 0.1) is 11.7 Å². The van der Waals surface area contributed by atoms with Crippen molar-refractivity contribution in [2.45, 2.75) is 6.92 Å². The lowest BCUT2D eigenvalue weighted by atomic mass is 10.1. The Hall–Kier alpha value is -2.28. The topological polar surface area (TPSA) is 99.4 Å². The third-order valence-electron chi connectivity index (χ3n) is 2.69. The number of carbonyl (C=O) groups excluding carboxylic acids is 2. The predicted molar refractivity (Wildman–Crippen MR) is 78.2 cm³/mol. The van der Waals surface area contributed by atoms with Crippen LogP contribution in [0.3, 0.4) is 0 Å². The number of anilines is 1. The molecule has 0 spiro atoms. The van der Waals surface area contributed by atoms with Crippen LogP contribution in [0.5, 0.6) is 0 Å². The maximum absolute atomic E-state index is 11.6. The summed E-state index contributed by atoms with van der Waals surface area (Å²) in [6.07, 6.45) is 0. The van der Waals surface area contributed by atoms with Crippen molar-refractivity contribution in [3.05, 3.63) is 40.2 Å². The lowest BCUT2D eigenvalue weighted by molar-refractivity contribution is -0.301. The zero-order valence-corrected chi connectivity index (χ0v) is 12.0. The van der Waals surface area contributed by atoms with E-state index in [2.05, 4.69) is 5.32 Å². The largest absolute Gasteiger partial charge is 0.549 e. The van der Waals surface area contributed by atoms with Crippen LogP contribution >= 0.6 is 11.8 Å². The van der Waals surface area contributed by atoms with Crippen molar-refractivity contribution in [3.63, 3.8) is 0 Å². The molecule has 0 aliphatic carbocycles. The van der Waals surface area contributed by atoms with Gasteiger partial charge in [0.2, 0.25) is 5.91 Å². The summed E-state index contributed by atoms with van der Waals surface area (Å²) in [5, 5.41) is 13.6. The Kier molecular flexibility index (Phi) is 4.64. The highest BCUT2D eigenvalue weighted by Gasteiger charge is 2.06. The third-order valence-corrected chi connectivity index (χ3v) is 3.59. The lowest BCUT2D eigenvalue weighted by Gasteiger charge is -2.07. The van der Waals surface area contributed by atoms with Gasteiger partial charge in [-0.15, -0.1) is 11.8 Å². The number of carboxylic acid groups (broad SMARTS) is 1. The molecule has 21 heavy (non-hydrogen) atoms. The summed E-state index contributed by atoms with van der Waals surface area (Å²) in [5.41, 5.74) is 1.21. The number of hydrogen-bond acceptors (Lipinski definition) is 6. The van der Waals surface area contributed by atoms with Crippen LogP contribution in [0.2, 0.25) is 0 Å². The predicted octanol–water partition coefficient (Wildman–Crippen LogP) is 0.523. The highest BCUT2D eigenvalue weighted by atomic mass is 32.2. The van der Waals surface area contributed by atoms with E-state index in [1.165, 1.54) is 6.07 Å². The first kappa shape index (κ1) is 15.1. The maximum atomic E-state index is 11.6. The lowest BCUT2D eigenvalue weighted by Crippen LogP contribution is -2.25. The number of amides is 1. The van der Waals surface area contributed by atoms with Gasteiger partial charge in [0.1, 0.15) is 5.58 Å². The average molecular weight is 306 g/mol. The maximum Gasteiger partial charge on any atom is 0.336 e. The second kappa shape index (κ2) is 6.45. The molecule has 0 bridgehead atoms. The molecule has 1 N–H and O–H groups in total. The molecule has 0 aliphatic rings. The summed E-state index contributed by atoms with van der Waals surface area (Å²) in [7, 11) is 0. The van der Waals surface area contributed by atoms with Gasteiger partial charge in [0.25, 0.3) is 0 Å². The van der Waals surface area contributed by atoms with E-state index >= 15 is 0 Å². The molecule has 2 aromatic rings. The Labute approximate surface area is 124 Å². The summed E-state index contributed by atoms with van der Waals surface area (Å²) in [6.45, 7) is 1.80. The van der Waals surface area contributed by atoms with Crippen molar-refractivity contribution in [3.8, 4) is 0 Å². The molecule has 6 nitrogen and oxygen atoms in total. The molecule has 7 heteroatoms. The minimum absolute atomic E-state index is 0.00375. The van der Waals surface area contributed by atoms with Gasteiger partial charge in [-0.3, -0.25) is 4.79 Å². The van der Waals surface area contributed by atoms with E-state index < -0.39 is 11.6 Å². The number of nitrogens with one attached hydrogen (secondary N) is 1. The van der Waals surface area contributed by atoms with Gasteiger partial charge in [-0.25, -0.2) is 4.79 Å². The molecular formula is C14H12NO5S-. The van der Waals surface area contributed by atoms with E-state index in [-0.39, 0.29) is 17.4 Å². The van der Waals surface area contributed by atoms with Crippen molar-refractivity contribution in [2.75, 3.05) is 16.8 Å². The average Bonchev–Trinajstić information content (AvgIpc) is 2.37. The van der Waals surface area contributed by atoms with Crippen molar-refractivity contribution in [2.24, 2.45) is 0 Å². The second-order valence-corrected chi connectivity index (χ2v) is 5.36. The number of hydrogen-bond donors (Lipinski definition) is 1. The number of benzene rings is 1. The molecule has 0 saturated heterocycles. The normalized spacial score (nSPS) is 10.5. The first-order valence-electron chi connectivity index (χ1n) is 6.07. The van der Waals surface area contributed by atoms with E-state index in [0.717, 1.165) is 22.7 Å². The standard InChI is InChI=1S/C14H13NO5S/c1-8-4-14(19)20-11-5-9(2-3-10(8)11)15-12(16)6-21-7-13(17)18/h2-5H,6-7H2,1H3,(H,15,16)(H,17,18)/p-1. The summed E-state index contributed by atoms with van der Waals surface area (Å²) >= 11 is 0.950. The minimum atomic E-state index is -1.21. The van der Waals surface area contributed by atoms with Crippen LogP contribution in [0.25, 0.3) is 11.0 Å². The zero-order valence-electron chi connectivity index (χ0n) is 11.2. The smallest absolute Gasteiger partial charge is 0.336 e. The van der Waals surface area contributed by atoms with Crippen molar-refractivity contribution in [1.29, 1.82) is 0 Å². The Morgan fingerprint density at radius 3 is 2.76 bits per heavy atom. The van der Waals surface area contributed by atoms with E-state index in [4.69, 9.17) is 4.42 Å². The van der Waals surface area contributed by atoms with Gasteiger partial charge in [-0.2, -0.15) is 0 Å². The Bertz CT molecular complexity index is 753. The van der Waals surface area contributed by atoms with Crippen molar-refractivity contribution >= 4 is 40.3 Å². The monoisotopic (exact) mass is 306 g/mol. The van der Waals surface area contributed by atoms with Crippen molar-refractivity contribution < 1.29 is 19.1 Å². The van der Waals surface area contributed by atoms with Gasteiger partial charge in [-0.05, 0) is 24.6 Å². The van der Waals surface area contributed by atoms with Crippen LogP contribution in [0.1, 0.15) is 5.56 Å². The molecule has 1 aromatic carbocycles. The van der Waals surface area contributed by atoms with E-state index in [1.54, 1.807) is 25.1 Å². The Morgan fingerprint density at radius 2 is 2.05 bits per heavy atom. The molecule has 1 heterocycles. The number of rotatable bonds is 5. The zero-order chi connectivity index (χ0) is 15.4. The number of thioether (sulfide) groups is 1. The number of carbonyl (C=O) groups is 2. The molecule has 0 saturated carbocycles. The first-order chi connectivity index (χ1) is 9.95.